The van der Waals surface area contributed by atoms with Gasteiger partial charge >= 0.3 is 6.61 Å². The standard InChI is InChI=1S/C24H18F3N5O/c25-19-10-17(6-7-20(19)33-23(26)27)24(18-5-2-8-31-21(18)22(28)32-24)16-4-1-3-14(9-16)15-11-29-13-30-12-15/h1-13,22-23,32H,28H2. The number of aromatic nitrogens is 3. The van der Waals surface area contributed by atoms with Crippen LogP contribution in [-0.4, -0.2) is 21.6 Å². The van der Waals surface area contributed by atoms with Gasteiger partial charge < -0.3 is 10.5 Å². The van der Waals surface area contributed by atoms with Gasteiger partial charge in [0.15, 0.2) is 11.6 Å². The Bertz CT molecular complexity index is 1300. The molecule has 0 saturated heterocycles. The summed E-state index contributed by atoms with van der Waals surface area (Å²) in [7, 11) is 0. The van der Waals surface area contributed by atoms with Gasteiger partial charge in [0.2, 0.25) is 0 Å². The van der Waals surface area contributed by atoms with E-state index < -0.39 is 29.9 Å². The third-order valence-corrected chi connectivity index (χ3v) is 5.68. The number of halogens is 3. The molecule has 2 atom stereocenters. The number of pyridine rings is 1. The Morgan fingerprint density at radius 2 is 1.76 bits per heavy atom. The SMILES string of the molecule is NC1NC(c2cccc(-c3cncnc3)c2)(c2ccc(OC(F)F)c(F)c2)c2cccnc21. The number of ether oxygens (including phenoxy) is 1. The van der Waals surface area contributed by atoms with Gasteiger partial charge in [-0.25, -0.2) is 14.4 Å². The highest BCUT2D eigenvalue weighted by Gasteiger charge is 2.46. The van der Waals surface area contributed by atoms with Crippen LogP contribution < -0.4 is 15.8 Å². The van der Waals surface area contributed by atoms with Crippen molar-refractivity contribution >= 4 is 0 Å². The molecule has 2 aromatic heterocycles. The number of nitrogens with zero attached hydrogens (tertiary/aromatic N) is 3. The topological polar surface area (TPSA) is 86.0 Å². The normalized spacial score (nSPS) is 19.5. The molecule has 2 unspecified atom stereocenters. The van der Waals surface area contributed by atoms with Crippen molar-refractivity contribution in [3.8, 4) is 16.9 Å². The average Bonchev–Trinajstić information content (AvgIpc) is 3.14. The van der Waals surface area contributed by atoms with Crippen molar-refractivity contribution in [2.45, 2.75) is 18.3 Å². The number of fused-ring (bicyclic) bond motifs is 1. The van der Waals surface area contributed by atoms with Crippen molar-refractivity contribution in [3.05, 3.63) is 108 Å². The highest BCUT2D eigenvalue weighted by atomic mass is 19.3. The molecule has 166 valence electrons. The fraction of sp³-hybridized carbons (Fsp3) is 0.125. The Kier molecular flexibility index (Phi) is 5.27. The predicted molar refractivity (Wildman–Crippen MR) is 115 cm³/mol. The summed E-state index contributed by atoms with van der Waals surface area (Å²) in [5, 5.41) is 3.36. The van der Waals surface area contributed by atoms with Crippen LogP contribution in [0.15, 0.2) is 79.5 Å². The zero-order valence-corrected chi connectivity index (χ0v) is 17.1. The summed E-state index contributed by atoms with van der Waals surface area (Å²) in [5.41, 5.74) is 9.50. The van der Waals surface area contributed by atoms with E-state index in [1.807, 2.05) is 30.3 Å². The molecule has 5 rings (SSSR count). The second-order valence-corrected chi connectivity index (χ2v) is 7.54. The Hall–Kier alpha value is -3.82. The monoisotopic (exact) mass is 449 g/mol. The molecule has 3 heterocycles. The first-order valence-electron chi connectivity index (χ1n) is 10.1. The first-order chi connectivity index (χ1) is 16.0. The van der Waals surface area contributed by atoms with Crippen LogP contribution in [0.1, 0.15) is 28.6 Å². The van der Waals surface area contributed by atoms with E-state index in [2.05, 4.69) is 25.0 Å². The lowest BCUT2D eigenvalue weighted by Gasteiger charge is -2.33. The predicted octanol–water partition coefficient (Wildman–Crippen LogP) is 4.13. The van der Waals surface area contributed by atoms with E-state index in [-0.39, 0.29) is 0 Å². The first-order valence-corrected chi connectivity index (χ1v) is 10.1. The van der Waals surface area contributed by atoms with Gasteiger partial charge in [0.25, 0.3) is 0 Å². The van der Waals surface area contributed by atoms with Crippen LogP contribution in [0.3, 0.4) is 0 Å². The Balaban J connectivity index is 1.72. The lowest BCUT2D eigenvalue weighted by molar-refractivity contribution is -0.0522. The van der Waals surface area contributed by atoms with Crippen molar-refractivity contribution in [3.63, 3.8) is 0 Å². The van der Waals surface area contributed by atoms with E-state index in [1.54, 1.807) is 30.7 Å². The van der Waals surface area contributed by atoms with Crippen molar-refractivity contribution in [1.82, 2.24) is 20.3 Å². The summed E-state index contributed by atoms with van der Waals surface area (Å²) in [6, 6.07) is 15.1. The number of nitrogens with one attached hydrogen (secondary N) is 1. The quantitative estimate of drug-likeness (QED) is 0.477. The zero-order chi connectivity index (χ0) is 23.0. The molecule has 4 aromatic rings. The lowest BCUT2D eigenvalue weighted by Crippen LogP contribution is -2.42. The lowest BCUT2D eigenvalue weighted by atomic mass is 9.78. The minimum atomic E-state index is -3.13. The molecule has 0 saturated carbocycles. The smallest absolute Gasteiger partial charge is 0.387 e. The summed E-state index contributed by atoms with van der Waals surface area (Å²) in [6.07, 6.45) is 5.83. The van der Waals surface area contributed by atoms with Gasteiger partial charge in [-0.05, 0) is 41.0 Å². The molecule has 9 heteroatoms. The molecule has 0 spiro atoms. The second-order valence-electron chi connectivity index (χ2n) is 7.54. The summed E-state index contributed by atoms with van der Waals surface area (Å²) in [6.45, 7) is -3.13. The number of hydrogen-bond acceptors (Lipinski definition) is 6. The van der Waals surface area contributed by atoms with E-state index >= 15 is 0 Å². The third kappa shape index (κ3) is 3.61. The van der Waals surface area contributed by atoms with E-state index in [9.17, 15) is 13.2 Å². The van der Waals surface area contributed by atoms with Crippen LogP contribution in [0.25, 0.3) is 11.1 Å². The van der Waals surface area contributed by atoms with Gasteiger partial charge in [-0.2, -0.15) is 8.78 Å². The van der Waals surface area contributed by atoms with E-state index in [1.165, 1.54) is 18.5 Å². The summed E-state index contributed by atoms with van der Waals surface area (Å²) >= 11 is 0. The number of hydrogen-bond donors (Lipinski definition) is 2. The van der Waals surface area contributed by atoms with Gasteiger partial charge in [0, 0.05) is 29.7 Å². The Labute approximate surface area is 187 Å². The summed E-state index contributed by atoms with van der Waals surface area (Å²) in [5.74, 6) is -1.44. The van der Waals surface area contributed by atoms with Crippen molar-refractivity contribution in [2.24, 2.45) is 5.73 Å². The van der Waals surface area contributed by atoms with E-state index in [0.717, 1.165) is 22.3 Å². The Morgan fingerprint density at radius 3 is 2.52 bits per heavy atom. The molecule has 0 fully saturated rings. The molecule has 1 aliphatic rings. The maximum atomic E-state index is 14.8. The maximum Gasteiger partial charge on any atom is 0.387 e. The molecule has 0 amide bonds. The fourth-order valence-electron chi connectivity index (χ4n) is 4.31. The largest absolute Gasteiger partial charge is 0.432 e. The van der Waals surface area contributed by atoms with Crippen LogP contribution in [0.2, 0.25) is 0 Å². The van der Waals surface area contributed by atoms with Crippen molar-refractivity contribution < 1.29 is 17.9 Å². The van der Waals surface area contributed by atoms with Gasteiger partial charge in [-0.1, -0.05) is 30.3 Å². The molecule has 2 aromatic carbocycles. The van der Waals surface area contributed by atoms with Crippen LogP contribution in [0.5, 0.6) is 5.75 Å². The number of alkyl halides is 2. The highest BCUT2D eigenvalue weighted by Crippen LogP contribution is 2.45. The van der Waals surface area contributed by atoms with Gasteiger partial charge in [-0.3, -0.25) is 10.3 Å². The number of nitrogens with two attached hydrogens (primary N) is 1. The summed E-state index contributed by atoms with van der Waals surface area (Å²) in [4.78, 5) is 12.6. The molecular weight excluding hydrogens is 431 g/mol. The second kappa shape index (κ2) is 8.27. The van der Waals surface area contributed by atoms with Crippen molar-refractivity contribution in [1.29, 1.82) is 0 Å². The molecule has 0 aliphatic carbocycles. The molecule has 3 N–H and O–H groups in total. The van der Waals surface area contributed by atoms with Gasteiger partial charge in [0.05, 0.1) is 11.2 Å². The molecule has 33 heavy (non-hydrogen) atoms. The maximum absolute atomic E-state index is 14.8. The molecule has 0 radical (unpaired) electrons. The summed E-state index contributed by atoms with van der Waals surface area (Å²) < 4.78 is 44.4. The van der Waals surface area contributed by atoms with Gasteiger partial charge in [-0.15, -0.1) is 0 Å². The average molecular weight is 449 g/mol. The number of benzene rings is 2. The fourth-order valence-corrected chi connectivity index (χ4v) is 4.31. The van der Waals surface area contributed by atoms with Crippen LogP contribution >= 0.6 is 0 Å². The third-order valence-electron chi connectivity index (χ3n) is 5.68. The molecule has 6 nitrogen and oxygen atoms in total. The Morgan fingerprint density at radius 1 is 0.970 bits per heavy atom. The van der Waals surface area contributed by atoms with Crippen molar-refractivity contribution in [2.75, 3.05) is 0 Å². The van der Waals surface area contributed by atoms with Crippen LogP contribution in [0, 0.1) is 5.82 Å². The van der Waals surface area contributed by atoms with Crippen LogP contribution in [0.4, 0.5) is 13.2 Å². The van der Waals surface area contributed by atoms with Crippen LogP contribution in [-0.2, 0) is 5.54 Å². The molecular formula is C24H18F3N5O. The zero-order valence-electron chi connectivity index (χ0n) is 17.1. The number of rotatable bonds is 5. The first kappa shape index (κ1) is 21.0. The highest BCUT2D eigenvalue weighted by molar-refractivity contribution is 5.65. The molecule has 1 aliphatic heterocycles. The minimum absolute atomic E-state index is 0.463. The van der Waals surface area contributed by atoms with E-state index in [4.69, 9.17) is 5.73 Å². The van der Waals surface area contributed by atoms with Gasteiger partial charge in [0.1, 0.15) is 12.5 Å². The molecule has 0 bridgehead atoms. The minimum Gasteiger partial charge on any atom is -0.432 e. The van der Waals surface area contributed by atoms with E-state index in [0.29, 0.717) is 11.3 Å².